The lowest BCUT2D eigenvalue weighted by Crippen LogP contribution is -2.02. The van der Waals surface area contributed by atoms with Crippen LogP contribution in [0.1, 0.15) is 18.1 Å². The molecule has 4 aromatic rings. The van der Waals surface area contributed by atoms with Gasteiger partial charge in [0.15, 0.2) is 0 Å². The Morgan fingerprint density at radius 1 is 1.19 bits per heavy atom. The van der Waals surface area contributed by atoms with E-state index in [1.165, 1.54) is 5.56 Å². The fourth-order valence-corrected chi connectivity index (χ4v) is 3.57. The zero-order valence-electron chi connectivity index (χ0n) is 15.1. The Morgan fingerprint density at radius 2 is 2.04 bits per heavy atom. The molecular formula is C21H19BrN4O. The Hall–Kier alpha value is -2.86. The number of rotatable bonds is 4. The highest BCUT2D eigenvalue weighted by atomic mass is 79.9. The molecule has 0 bridgehead atoms. The normalized spacial score (nSPS) is 11.1. The van der Waals surface area contributed by atoms with Crippen molar-refractivity contribution in [1.29, 1.82) is 0 Å². The summed E-state index contributed by atoms with van der Waals surface area (Å²) in [5.41, 5.74) is 4.72. The van der Waals surface area contributed by atoms with Gasteiger partial charge in [0.2, 0.25) is 5.78 Å². The number of aryl methyl sites for hydroxylation is 2. The van der Waals surface area contributed by atoms with Gasteiger partial charge in [-0.25, -0.2) is 9.97 Å². The number of phenolic OH excluding ortho intramolecular Hbond substituents is 1. The lowest BCUT2D eigenvalue weighted by atomic mass is 10.1. The number of hydrogen-bond acceptors (Lipinski definition) is 4. The minimum Gasteiger partial charge on any atom is -0.507 e. The van der Waals surface area contributed by atoms with Crippen LogP contribution in [-0.4, -0.2) is 19.5 Å². The number of benzene rings is 2. The smallest absolute Gasteiger partial charge is 0.235 e. The molecule has 0 aliphatic heterocycles. The van der Waals surface area contributed by atoms with Crippen LogP contribution in [0.25, 0.3) is 17.0 Å². The summed E-state index contributed by atoms with van der Waals surface area (Å²) in [7, 11) is 0. The summed E-state index contributed by atoms with van der Waals surface area (Å²) in [6.07, 6.45) is 4.54. The van der Waals surface area contributed by atoms with E-state index >= 15 is 0 Å². The van der Waals surface area contributed by atoms with Crippen LogP contribution in [0.5, 0.6) is 5.75 Å². The number of nitrogens with zero attached hydrogens (tertiary/aromatic N) is 3. The third kappa shape index (κ3) is 3.17. The maximum atomic E-state index is 10.4. The summed E-state index contributed by atoms with van der Waals surface area (Å²) in [6.45, 7) is 4.22. The summed E-state index contributed by atoms with van der Waals surface area (Å²) in [5.74, 6) is 1.52. The standard InChI is InChI=1S/C21H19BrN4O/c1-3-14-7-4-6-13(2)18(14)24-20-19(16-12-15(22)8-9-17(16)27)25-21-23-10-5-11-26(20)21/h4-12,24,27H,3H2,1-2H3. The second-order valence-corrected chi connectivity index (χ2v) is 7.26. The van der Waals surface area contributed by atoms with E-state index in [1.54, 1.807) is 18.3 Å². The van der Waals surface area contributed by atoms with Crippen molar-refractivity contribution >= 4 is 33.2 Å². The second kappa shape index (κ2) is 7.04. The first kappa shape index (κ1) is 17.5. The zero-order chi connectivity index (χ0) is 19.0. The molecule has 0 radical (unpaired) electrons. The lowest BCUT2D eigenvalue weighted by Gasteiger charge is -2.15. The molecule has 0 amide bonds. The second-order valence-electron chi connectivity index (χ2n) is 6.35. The maximum Gasteiger partial charge on any atom is 0.235 e. The van der Waals surface area contributed by atoms with Crippen LogP contribution >= 0.6 is 15.9 Å². The van der Waals surface area contributed by atoms with Crippen LogP contribution in [-0.2, 0) is 6.42 Å². The van der Waals surface area contributed by atoms with Gasteiger partial charge in [0.05, 0.1) is 0 Å². The van der Waals surface area contributed by atoms with Crippen molar-refractivity contribution in [2.45, 2.75) is 20.3 Å². The number of fused-ring (bicyclic) bond motifs is 1. The summed E-state index contributed by atoms with van der Waals surface area (Å²) >= 11 is 3.48. The number of anilines is 2. The van der Waals surface area contributed by atoms with Gasteiger partial charge in [-0.3, -0.25) is 4.40 Å². The number of phenols is 1. The van der Waals surface area contributed by atoms with Crippen molar-refractivity contribution in [1.82, 2.24) is 14.4 Å². The van der Waals surface area contributed by atoms with Crippen molar-refractivity contribution in [2.75, 3.05) is 5.32 Å². The minimum atomic E-state index is 0.171. The summed E-state index contributed by atoms with van der Waals surface area (Å²) in [5, 5.41) is 14.0. The third-order valence-electron chi connectivity index (χ3n) is 4.60. The zero-order valence-corrected chi connectivity index (χ0v) is 16.7. The van der Waals surface area contributed by atoms with Crippen LogP contribution < -0.4 is 5.32 Å². The van der Waals surface area contributed by atoms with Crippen LogP contribution in [0.2, 0.25) is 0 Å². The summed E-state index contributed by atoms with van der Waals surface area (Å²) in [6, 6.07) is 13.5. The van der Waals surface area contributed by atoms with E-state index < -0.39 is 0 Å². The Bertz CT molecular complexity index is 1140. The summed E-state index contributed by atoms with van der Waals surface area (Å²) in [4.78, 5) is 9.04. The van der Waals surface area contributed by atoms with E-state index in [2.05, 4.69) is 63.3 Å². The van der Waals surface area contributed by atoms with Crippen LogP contribution in [0.4, 0.5) is 11.5 Å². The predicted molar refractivity (Wildman–Crippen MR) is 112 cm³/mol. The number of aromatic hydroxyl groups is 1. The molecule has 4 rings (SSSR count). The maximum absolute atomic E-state index is 10.4. The Labute approximate surface area is 165 Å². The molecule has 0 unspecified atom stereocenters. The molecule has 2 heterocycles. The number of halogens is 1. The highest BCUT2D eigenvalue weighted by Gasteiger charge is 2.19. The van der Waals surface area contributed by atoms with Gasteiger partial charge in [0, 0.05) is 28.1 Å². The molecule has 2 aromatic carbocycles. The monoisotopic (exact) mass is 422 g/mol. The highest BCUT2D eigenvalue weighted by molar-refractivity contribution is 9.10. The van der Waals surface area contributed by atoms with Gasteiger partial charge in [-0.2, -0.15) is 0 Å². The molecule has 0 aliphatic carbocycles. The van der Waals surface area contributed by atoms with Gasteiger partial charge in [-0.05, 0) is 48.7 Å². The van der Waals surface area contributed by atoms with Crippen molar-refractivity contribution in [3.8, 4) is 17.0 Å². The lowest BCUT2D eigenvalue weighted by molar-refractivity contribution is 0.477. The molecule has 2 N–H and O–H groups in total. The molecule has 0 fully saturated rings. The van der Waals surface area contributed by atoms with E-state index in [9.17, 15) is 5.11 Å². The number of hydrogen-bond donors (Lipinski definition) is 2. The Kier molecular flexibility index (Phi) is 4.58. The highest BCUT2D eigenvalue weighted by Crippen LogP contribution is 2.38. The molecule has 0 saturated carbocycles. The fourth-order valence-electron chi connectivity index (χ4n) is 3.21. The first-order valence-electron chi connectivity index (χ1n) is 8.76. The molecular weight excluding hydrogens is 404 g/mol. The molecule has 5 nitrogen and oxygen atoms in total. The molecule has 0 spiro atoms. The predicted octanol–water partition coefficient (Wildman–Crippen LogP) is 5.48. The molecule has 136 valence electrons. The minimum absolute atomic E-state index is 0.171. The quantitative estimate of drug-likeness (QED) is 0.457. The van der Waals surface area contributed by atoms with Gasteiger partial charge in [-0.1, -0.05) is 41.1 Å². The average molecular weight is 423 g/mol. The van der Waals surface area contributed by atoms with Gasteiger partial charge < -0.3 is 10.4 Å². The average Bonchev–Trinajstić information content (AvgIpc) is 3.03. The molecule has 0 atom stereocenters. The molecule has 0 saturated heterocycles. The van der Waals surface area contributed by atoms with Gasteiger partial charge in [-0.15, -0.1) is 0 Å². The number of nitrogens with one attached hydrogen (secondary N) is 1. The molecule has 6 heteroatoms. The molecule has 27 heavy (non-hydrogen) atoms. The topological polar surface area (TPSA) is 62.5 Å². The van der Waals surface area contributed by atoms with Crippen LogP contribution in [0, 0.1) is 6.92 Å². The summed E-state index contributed by atoms with van der Waals surface area (Å²) < 4.78 is 2.78. The van der Waals surface area contributed by atoms with Crippen LogP contribution in [0.15, 0.2) is 59.3 Å². The van der Waals surface area contributed by atoms with Crippen molar-refractivity contribution in [3.63, 3.8) is 0 Å². The van der Waals surface area contributed by atoms with Gasteiger partial charge >= 0.3 is 0 Å². The van der Waals surface area contributed by atoms with E-state index in [0.29, 0.717) is 17.0 Å². The van der Waals surface area contributed by atoms with Gasteiger partial charge in [0.1, 0.15) is 17.3 Å². The fraction of sp³-hybridized carbons (Fsp3) is 0.143. The van der Waals surface area contributed by atoms with E-state index in [-0.39, 0.29) is 5.75 Å². The first-order valence-corrected chi connectivity index (χ1v) is 9.55. The molecule has 2 aromatic heterocycles. The van der Waals surface area contributed by atoms with Crippen molar-refractivity contribution in [2.24, 2.45) is 0 Å². The third-order valence-corrected chi connectivity index (χ3v) is 5.09. The Balaban J connectivity index is 1.96. The van der Waals surface area contributed by atoms with E-state index in [1.807, 2.05) is 22.7 Å². The SMILES string of the molecule is CCc1cccc(C)c1Nc1c(-c2cc(Br)ccc2O)nc2ncccn12. The van der Waals surface area contributed by atoms with E-state index in [0.717, 1.165) is 28.0 Å². The van der Waals surface area contributed by atoms with Crippen LogP contribution in [0.3, 0.4) is 0 Å². The number of aromatic nitrogens is 3. The largest absolute Gasteiger partial charge is 0.507 e. The first-order chi connectivity index (χ1) is 13.1. The Morgan fingerprint density at radius 3 is 2.85 bits per heavy atom. The number of imidazole rings is 1. The number of para-hydroxylation sites is 1. The van der Waals surface area contributed by atoms with Crippen molar-refractivity contribution < 1.29 is 5.11 Å². The molecule has 0 aliphatic rings. The van der Waals surface area contributed by atoms with Gasteiger partial charge in [0.25, 0.3) is 0 Å². The van der Waals surface area contributed by atoms with Crippen molar-refractivity contribution in [3.05, 3.63) is 70.5 Å². The van der Waals surface area contributed by atoms with E-state index in [4.69, 9.17) is 0 Å².